The van der Waals surface area contributed by atoms with Gasteiger partial charge in [-0.3, -0.25) is 0 Å². The lowest BCUT2D eigenvalue weighted by Crippen LogP contribution is -2.03. The minimum atomic E-state index is -0.282. The molecule has 0 aliphatic heterocycles. The van der Waals surface area contributed by atoms with E-state index in [1.165, 1.54) is 0 Å². The number of allylic oxidation sites excluding steroid dienone is 1. The van der Waals surface area contributed by atoms with E-state index in [1.807, 2.05) is 30.3 Å². The van der Waals surface area contributed by atoms with Gasteiger partial charge < -0.3 is 24.4 Å². The van der Waals surface area contributed by atoms with Crippen molar-refractivity contribution in [2.45, 2.75) is 6.92 Å². The number of fused-ring (bicyclic) bond motifs is 1. The summed E-state index contributed by atoms with van der Waals surface area (Å²) in [4.78, 5) is 12.6. The highest BCUT2D eigenvalue weighted by Crippen LogP contribution is 2.25. The number of nitriles is 1. The van der Waals surface area contributed by atoms with E-state index in [4.69, 9.17) is 14.3 Å². The van der Waals surface area contributed by atoms with Crippen LogP contribution in [0.3, 0.4) is 0 Å². The second-order valence-corrected chi connectivity index (χ2v) is 6.05. The van der Waals surface area contributed by atoms with Crippen LogP contribution in [-0.2, 0) is 4.84 Å². The van der Waals surface area contributed by atoms with Crippen LogP contribution in [0.5, 0.6) is 11.5 Å². The maximum absolute atomic E-state index is 10.3. The van der Waals surface area contributed by atoms with Crippen molar-refractivity contribution >= 4 is 22.3 Å². The summed E-state index contributed by atoms with van der Waals surface area (Å²) in [6.45, 7) is 1.46. The molecule has 0 saturated carbocycles. The van der Waals surface area contributed by atoms with Crippen LogP contribution in [0.4, 0.5) is 0 Å². The molecular formula is C21H20N4O4. The van der Waals surface area contributed by atoms with Crippen molar-refractivity contribution in [3.63, 3.8) is 0 Å². The fraction of sp³-hybridized carbons (Fsp3) is 0.190. The standard InChI is InChI=1S/C21H20N4O4/c1-13(15-9-8-14(27-2)10-20(15)28-3)25-29-12-19(26)16(11-22)21-23-17-6-4-5-7-18(17)24-21/h4-10,26H,12H2,1-3H3,(H,23,24)/b19-16+,25-13+. The zero-order valence-electron chi connectivity index (χ0n) is 16.3. The maximum atomic E-state index is 10.3. The van der Waals surface area contributed by atoms with Gasteiger partial charge in [-0.2, -0.15) is 5.26 Å². The van der Waals surface area contributed by atoms with Gasteiger partial charge in [0.05, 0.1) is 31.0 Å². The van der Waals surface area contributed by atoms with Crippen molar-refractivity contribution in [2.75, 3.05) is 20.8 Å². The molecule has 29 heavy (non-hydrogen) atoms. The number of aromatic amines is 1. The molecule has 0 bridgehead atoms. The number of nitrogens with zero attached hydrogens (tertiary/aromatic N) is 3. The summed E-state index contributed by atoms with van der Waals surface area (Å²) in [5, 5.41) is 23.7. The number of ether oxygens (including phenoxy) is 2. The Labute approximate surface area is 167 Å². The Morgan fingerprint density at radius 3 is 2.69 bits per heavy atom. The predicted molar refractivity (Wildman–Crippen MR) is 109 cm³/mol. The molecule has 0 amide bonds. The number of aliphatic hydroxyl groups excluding tert-OH is 1. The highest BCUT2D eigenvalue weighted by molar-refractivity contribution is 6.01. The number of rotatable bonds is 7. The average Bonchev–Trinajstić information content (AvgIpc) is 3.17. The molecule has 0 aliphatic carbocycles. The summed E-state index contributed by atoms with van der Waals surface area (Å²) >= 11 is 0. The number of benzene rings is 2. The lowest BCUT2D eigenvalue weighted by atomic mass is 10.1. The molecule has 8 heteroatoms. The Morgan fingerprint density at radius 2 is 2.00 bits per heavy atom. The fourth-order valence-corrected chi connectivity index (χ4v) is 2.73. The lowest BCUT2D eigenvalue weighted by molar-refractivity contribution is 0.137. The number of methoxy groups -OCH3 is 2. The molecular weight excluding hydrogens is 372 g/mol. The van der Waals surface area contributed by atoms with Gasteiger partial charge in [-0.15, -0.1) is 0 Å². The number of imidazole rings is 1. The van der Waals surface area contributed by atoms with E-state index in [2.05, 4.69) is 15.1 Å². The normalized spacial score (nSPS) is 12.3. The lowest BCUT2D eigenvalue weighted by Gasteiger charge is -2.10. The molecule has 8 nitrogen and oxygen atoms in total. The van der Waals surface area contributed by atoms with Gasteiger partial charge in [0.1, 0.15) is 23.1 Å². The molecule has 3 aromatic rings. The van der Waals surface area contributed by atoms with E-state index in [9.17, 15) is 10.4 Å². The van der Waals surface area contributed by atoms with Crippen LogP contribution in [0.25, 0.3) is 16.6 Å². The largest absolute Gasteiger partial charge is 0.507 e. The summed E-state index contributed by atoms with van der Waals surface area (Å²) in [7, 11) is 3.12. The molecule has 2 N–H and O–H groups in total. The van der Waals surface area contributed by atoms with Gasteiger partial charge in [-0.25, -0.2) is 4.98 Å². The minimum Gasteiger partial charge on any atom is -0.507 e. The van der Waals surface area contributed by atoms with Crippen LogP contribution < -0.4 is 9.47 Å². The molecule has 0 spiro atoms. The number of nitrogens with one attached hydrogen (secondary N) is 1. The van der Waals surface area contributed by atoms with Gasteiger partial charge in [0, 0.05) is 11.6 Å². The molecule has 0 aliphatic rings. The van der Waals surface area contributed by atoms with Crippen LogP contribution in [0.2, 0.25) is 0 Å². The number of aromatic nitrogens is 2. The SMILES string of the molecule is COc1ccc(/C(C)=N/OC/C(O)=C(/C#N)c2nc3ccccc3[nH]2)c(OC)c1. The smallest absolute Gasteiger partial charge is 0.175 e. The van der Waals surface area contributed by atoms with Gasteiger partial charge in [-0.1, -0.05) is 17.3 Å². The van der Waals surface area contributed by atoms with Gasteiger partial charge in [0.2, 0.25) is 0 Å². The molecule has 1 heterocycles. The van der Waals surface area contributed by atoms with Crippen LogP contribution in [0.1, 0.15) is 18.3 Å². The van der Waals surface area contributed by atoms with Gasteiger partial charge in [0.15, 0.2) is 18.2 Å². The maximum Gasteiger partial charge on any atom is 0.175 e. The second-order valence-electron chi connectivity index (χ2n) is 6.05. The van der Waals surface area contributed by atoms with E-state index < -0.39 is 0 Å². The molecule has 0 unspecified atom stereocenters. The third kappa shape index (κ3) is 4.30. The third-order valence-electron chi connectivity index (χ3n) is 4.23. The molecule has 148 valence electrons. The van der Waals surface area contributed by atoms with Crippen molar-refractivity contribution in [3.05, 3.63) is 59.6 Å². The number of aliphatic hydroxyl groups is 1. The summed E-state index contributed by atoms with van der Waals surface area (Å²) in [6.07, 6.45) is 0. The summed E-state index contributed by atoms with van der Waals surface area (Å²) in [6, 6.07) is 14.6. The Balaban J connectivity index is 1.78. The molecule has 0 saturated heterocycles. The quantitative estimate of drug-likeness (QED) is 0.274. The molecule has 0 fully saturated rings. The molecule has 0 radical (unpaired) electrons. The fourth-order valence-electron chi connectivity index (χ4n) is 2.73. The van der Waals surface area contributed by atoms with Crippen LogP contribution in [-0.4, -0.2) is 41.6 Å². The molecule has 0 atom stereocenters. The van der Waals surface area contributed by atoms with Gasteiger partial charge >= 0.3 is 0 Å². The topological polar surface area (TPSA) is 113 Å². The first-order valence-corrected chi connectivity index (χ1v) is 8.73. The van der Waals surface area contributed by atoms with Gasteiger partial charge in [0.25, 0.3) is 0 Å². The number of H-pyrrole nitrogens is 1. The predicted octanol–water partition coefficient (Wildman–Crippen LogP) is 3.81. The van der Waals surface area contributed by atoms with Gasteiger partial charge in [-0.05, 0) is 31.2 Å². The van der Waals surface area contributed by atoms with E-state index in [-0.39, 0.29) is 23.8 Å². The number of hydrogen-bond donors (Lipinski definition) is 2. The van der Waals surface area contributed by atoms with Crippen molar-refractivity contribution in [2.24, 2.45) is 5.16 Å². The number of hydrogen-bond acceptors (Lipinski definition) is 7. The monoisotopic (exact) mass is 392 g/mol. The Bertz CT molecular complexity index is 1090. The number of oxime groups is 1. The Kier molecular flexibility index (Phi) is 6.00. The molecule has 2 aromatic carbocycles. The van der Waals surface area contributed by atoms with E-state index in [0.29, 0.717) is 22.7 Å². The summed E-state index contributed by atoms with van der Waals surface area (Å²) in [5.41, 5.74) is 2.72. The van der Waals surface area contributed by atoms with Crippen molar-refractivity contribution in [1.82, 2.24) is 9.97 Å². The van der Waals surface area contributed by atoms with E-state index in [1.54, 1.807) is 39.3 Å². The first kappa shape index (κ1) is 19.8. The first-order valence-electron chi connectivity index (χ1n) is 8.73. The summed E-state index contributed by atoms with van der Waals surface area (Å²) in [5.74, 6) is 1.23. The van der Waals surface area contributed by atoms with Crippen molar-refractivity contribution < 1.29 is 19.4 Å². The number of para-hydroxylation sites is 2. The van der Waals surface area contributed by atoms with Crippen LogP contribution in [0, 0.1) is 11.3 Å². The molecule has 3 rings (SSSR count). The van der Waals surface area contributed by atoms with Crippen molar-refractivity contribution in [1.29, 1.82) is 5.26 Å². The first-order chi connectivity index (χ1) is 14.1. The summed E-state index contributed by atoms with van der Waals surface area (Å²) < 4.78 is 10.5. The highest BCUT2D eigenvalue weighted by atomic mass is 16.6. The Morgan fingerprint density at radius 1 is 1.21 bits per heavy atom. The van der Waals surface area contributed by atoms with Crippen LogP contribution >= 0.6 is 0 Å². The minimum absolute atomic E-state index is 0.00363. The molecule has 1 aromatic heterocycles. The third-order valence-corrected chi connectivity index (χ3v) is 4.23. The zero-order valence-corrected chi connectivity index (χ0v) is 16.3. The van der Waals surface area contributed by atoms with Crippen molar-refractivity contribution in [3.8, 4) is 17.6 Å². The van der Waals surface area contributed by atoms with Crippen LogP contribution in [0.15, 0.2) is 53.4 Å². The Hall–Kier alpha value is -3.99. The zero-order chi connectivity index (χ0) is 20.8. The highest BCUT2D eigenvalue weighted by Gasteiger charge is 2.14. The second kappa shape index (κ2) is 8.80. The van der Waals surface area contributed by atoms with E-state index in [0.717, 1.165) is 11.1 Å². The average molecular weight is 392 g/mol. The van der Waals surface area contributed by atoms with E-state index >= 15 is 0 Å².